The zero-order valence-corrected chi connectivity index (χ0v) is 16.5. The maximum Gasteiger partial charge on any atom is 0.0854 e. The van der Waals surface area contributed by atoms with Crippen LogP contribution in [0.15, 0.2) is 41.8 Å². The van der Waals surface area contributed by atoms with Crippen LogP contribution in [0.1, 0.15) is 30.9 Å². The van der Waals surface area contributed by atoms with E-state index in [-0.39, 0.29) is 0 Å². The number of nitrogens with one attached hydrogen (secondary N) is 1. The van der Waals surface area contributed by atoms with Gasteiger partial charge in [0.15, 0.2) is 0 Å². The fourth-order valence-corrected chi connectivity index (χ4v) is 4.82. The monoisotopic (exact) mass is 365 g/mol. The Hall–Kier alpha value is -1.75. The first-order valence-electron chi connectivity index (χ1n) is 9.64. The van der Waals surface area contributed by atoms with E-state index in [9.17, 15) is 0 Å². The van der Waals surface area contributed by atoms with Crippen molar-refractivity contribution >= 4 is 22.2 Å². The van der Waals surface area contributed by atoms with Crippen molar-refractivity contribution in [1.29, 1.82) is 0 Å². The number of aryl methyl sites for hydroxylation is 1. The molecule has 2 aromatic heterocycles. The Bertz CT molecular complexity index is 872. The highest BCUT2D eigenvalue weighted by molar-refractivity contribution is 7.13. The average Bonchev–Trinajstić information content (AvgIpc) is 3.33. The Labute approximate surface area is 160 Å². The van der Waals surface area contributed by atoms with Gasteiger partial charge in [0, 0.05) is 24.5 Å². The first-order chi connectivity index (χ1) is 12.8. The number of thiophene rings is 1. The van der Waals surface area contributed by atoms with Gasteiger partial charge in [-0.15, -0.1) is 11.3 Å². The third-order valence-corrected chi connectivity index (χ3v) is 6.36. The molecule has 1 saturated heterocycles. The Balaban J connectivity index is 1.60. The van der Waals surface area contributed by atoms with E-state index in [1.165, 1.54) is 40.8 Å². The highest BCUT2D eigenvalue weighted by atomic mass is 32.1. The van der Waals surface area contributed by atoms with Crippen LogP contribution in [-0.4, -0.2) is 35.6 Å². The number of likely N-dealkylation sites (N-methyl/N-ethyl adjacent to an activating group) is 1. The normalized spacial score (nSPS) is 18.0. The minimum Gasteiger partial charge on any atom is -0.311 e. The maximum absolute atomic E-state index is 5.06. The lowest BCUT2D eigenvalue weighted by Crippen LogP contribution is -2.37. The highest BCUT2D eigenvalue weighted by Crippen LogP contribution is 2.30. The minimum absolute atomic E-state index is 0.681. The van der Waals surface area contributed by atoms with Gasteiger partial charge in [0.2, 0.25) is 0 Å². The van der Waals surface area contributed by atoms with Crippen molar-refractivity contribution in [3.05, 3.63) is 52.9 Å². The van der Waals surface area contributed by atoms with Gasteiger partial charge in [-0.1, -0.05) is 31.2 Å². The van der Waals surface area contributed by atoms with Gasteiger partial charge in [0.1, 0.15) is 0 Å². The maximum atomic E-state index is 5.06. The van der Waals surface area contributed by atoms with E-state index in [4.69, 9.17) is 4.98 Å². The van der Waals surface area contributed by atoms with Crippen molar-refractivity contribution in [2.75, 3.05) is 19.6 Å². The molecule has 1 aromatic carbocycles. The van der Waals surface area contributed by atoms with Gasteiger partial charge in [0.05, 0.1) is 16.1 Å². The predicted octanol–water partition coefficient (Wildman–Crippen LogP) is 4.85. The second kappa shape index (κ2) is 7.87. The average molecular weight is 366 g/mol. The lowest BCUT2D eigenvalue weighted by Gasteiger charge is -2.23. The molecule has 26 heavy (non-hydrogen) atoms. The van der Waals surface area contributed by atoms with Gasteiger partial charge >= 0.3 is 0 Å². The number of rotatable bonds is 6. The summed E-state index contributed by atoms with van der Waals surface area (Å²) >= 11 is 1.77. The van der Waals surface area contributed by atoms with Gasteiger partial charge in [0.25, 0.3) is 0 Å². The molecular weight excluding hydrogens is 338 g/mol. The van der Waals surface area contributed by atoms with Crippen molar-refractivity contribution in [2.24, 2.45) is 0 Å². The van der Waals surface area contributed by atoms with Gasteiger partial charge in [-0.05, 0) is 61.5 Å². The zero-order chi connectivity index (χ0) is 17.9. The number of fused-ring (bicyclic) bond motifs is 1. The summed E-state index contributed by atoms with van der Waals surface area (Å²) < 4.78 is 0. The van der Waals surface area contributed by atoms with Crippen molar-refractivity contribution in [1.82, 2.24) is 15.2 Å². The molecule has 1 fully saturated rings. The van der Waals surface area contributed by atoms with E-state index in [1.807, 2.05) is 0 Å². The number of hydrogen-bond donors (Lipinski definition) is 1. The van der Waals surface area contributed by atoms with Gasteiger partial charge in [-0.25, -0.2) is 4.98 Å². The number of nitrogens with zero attached hydrogens (tertiary/aromatic N) is 2. The van der Waals surface area contributed by atoms with Crippen LogP contribution < -0.4 is 5.32 Å². The lowest BCUT2D eigenvalue weighted by atomic mass is 10.1. The van der Waals surface area contributed by atoms with Gasteiger partial charge in [-0.2, -0.15) is 0 Å². The van der Waals surface area contributed by atoms with Gasteiger partial charge < -0.3 is 5.32 Å². The number of likely N-dealkylation sites (tertiary alicyclic amines) is 1. The van der Waals surface area contributed by atoms with Crippen molar-refractivity contribution in [2.45, 2.75) is 39.3 Å². The van der Waals surface area contributed by atoms with Crippen LogP contribution in [0.3, 0.4) is 0 Å². The van der Waals surface area contributed by atoms with E-state index in [1.54, 1.807) is 11.3 Å². The van der Waals surface area contributed by atoms with Crippen molar-refractivity contribution in [3.8, 4) is 10.6 Å². The third-order valence-electron chi connectivity index (χ3n) is 5.48. The van der Waals surface area contributed by atoms with Gasteiger partial charge in [-0.3, -0.25) is 4.90 Å². The number of aromatic nitrogens is 1. The number of hydrogen-bond acceptors (Lipinski definition) is 4. The summed E-state index contributed by atoms with van der Waals surface area (Å²) in [5, 5.41) is 7.08. The molecule has 1 N–H and O–H groups in total. The molecule has 0 radical (unpaired) electrons. The van der Waals surface area contributed by atoms with E-state index in [0.29, 0.717) is 6.04 Å². The van der Waals surface area contributed by atoms with E-state index in [2.05, 4.69) is 65.8 Å². The molecule has 4 heteroatoms. The fraction of sp³-hybridized carbons (Fsp3) is 0.409. The second-order valence-corrected chi connectivity index (χ2v) is 8.12. The standard InChI is InChI=1S/C22H27N3S/c1-3-25-11-5-9-19(25)15-23-14-18-13-17-8-4-7-16(2)21(17)24-22(18)20-10-6-12-26-20/h4,6-8,10,12-13,19,23H,3,5,9,11,14-15H2,1-2H3. The molecule has 4 rings (SSSR count). The molecule has 3 heterocycles. The van der Waals surface area contributed by atoms with Crippen LogP contribution >= 0.6 is 11.3 Å². The van der Waals surface area contributed by atoms with Crippen LogP contribution in [0, 0.1) is 6.92 Å². The summed E-state index contributed by atoms with van der Waals surface area (Å²) in [5.74, 6) is 0. The Morgan fingerprint density at radius 2 is 2.19 bits per heavy atom. The first kappa shape index (κ1) is 17.7. The molecule has 0 aliphatic carbocycles. The molecule has 0 bridgehead atoms. The summed E-state index contributed by atoms with van der Waals surface area (Å²) in [7, 11) is 0. The summed E-state index contributed by atoms with van der Waals surface area (Å²) in [6.07, 6.45) is 2.64. The van der Waals surface area contributed by atoms with E-state index >= 15 is 0 Å². The summed E-state index contributed by atoms with van der Waals surface area (Å²) in [4.78, 5) is 8.90. The van der Waals surface area contributed by atoms with E-state index < -0.39 is 0 Å². The highest BCUT2D eigenvalue weighted by Gasteiger charge is 2.22. The smallest absolute Gasteiger partial charge is 0.0854 e. The van der Waals surface area contributed by atoms with Crippen LogP contribution in [0.25, 0.3) is 21.5 Å². The predicted molar refractivity (Wildman–Crippen MR) is 112 cm³/mol. The quantitative estimate of drug-likeness (QED) is 0.677. The molecule has 0 amide bonds. The second-order valence-electron chi connectivity index (χ2n) is 7.18. The molecule has 3 nitrogen and oxygen atoms in total. The molecule has 1 atom stereocenters. The third kappa shape index (κ3) is 3.54. The largest absolute Gasteiger partial charge is 0.311 e. The molecule has 1 unspecified atom stereocenters. The SMILES string of the molecule is CCN1CCCC1CNCc1cc2cccc(C)c2nc1-c1cccs1. The van der Waals surface area contributed by atoms with Crippen molar-refractivity contribution < 1.29 is 0 Å². The number of pyridine rings is 1. The number of benzene rings is 1. The Morgan fingerprint density at radius 1 is 1.27 bits per heavy atom. The summed E-state index contributed by atoms with van der Waals surface area (Å²) in [6.45, 7) is 8.75. The molecule has 1 aliphatic heterocycles. The van der Waals surface area contributed by atoms with E-state index in [0.717, 1.165) is 30.8 Å². The molecule has 3 aromatic rings. The minimum atomic E-state index is 0.681. The van der Waals surface area contributed by atoms with Crippen LogP contribution in [0.5, 0.6) is 0 Å². The number of para-hydroxylation sites is 1. The van der Waals surface area contributed by atoms with Crippen LogP contribution in [0.2, 0.25) is 0 Å². The molecule has 136 valence electrons. The molecule has 0 spiro atoms. The Kier molecular flexibility index (Phi) is 5.34. The molecular formula is C22H27N3S. The summed E-state index contributed by atoms with van der Waals surface area (Å²) in [5.41, 5.74) is 4.79. The fourth-order valence-electron chi connectivity index (χ4n) is 4.07. The zero-order valence-electron chi connectivity index (χ0n) is 15.7. The Morgan fingerprint density at radius 3 is 3.00 bits per heavy atom. The summed E-state index contributed by atoms with van der Waals surface area (Å²) in [6, 6.07) is 13.7. The van der Waals surface area contributed by atoms with Crippen LogP contribution in [-0.2, 0) is 6.54 Å². The lowest BCUT2D eigenvalue weighted by molar-refractivity contribution is 0.260. The molecule has 0 saturated carbocycles. The first-order valence-corrected chi connectivity index (χ1v) is 10.5. The topological polar surface area (TPSA) is 28.2 Å². The molecule has 1 aliphatic rings. The van der Waals surface area contributed by atoms with Crippen LogP contribution in [0.4, 0.5) is 0 Å². The van der Waals surface area contributed by atoms with Crippen molar-refractivity contribution in [3.63, 3.8) is 0 Å².